The highest BCUT2D eigenvalue weighted by atomic mass is 15.2. The lowest BCUT2D eigenvalue weighted by Crippen LogP contribution is -2.26. The van der Waals surface area contributed by atoms with E-state index in [0.29, 0.717) is 0 Å². The smallest absolute Gasteiger partial charge is 0.0797 e. The number of hydrogen-bond acceptors (Lipinski definition) is 2. The highest BCUT2D eigenvalue weighted by molar-refractivity contribution is 5.26. The predicted molar refractivity (Wildman–Crippen MR) is 66.1 cm³/mol. The normalized spacial score (nSPS) is 14.3. The van der Waals surface area contributed by atoms with Gasteiger partial charge in [-0.1, -0.05) is 27.7 Å². The lowest BCUT2D eigenvalue weighted by atomic mass is 10.1. The first-order valence-corrected chi connectivity index (χ1v) is 5.98. The predicted octanol–water partition coefficient (Wildman–Crippen LogP) is 2.76. The first-order valence-electron chi connectivity index (χ1n) is 5.98. The second-order valence-electron chi connectivity index (χ2n) is 3.26. The van der Waals surface area contributed by atoms with Gasteiger partial charge in [-0.05, 0) is 26.0 Å². The van der Waals surface area contributed by atoms with Crippen LogP contribution in [0, 0.1) is 6.92 Å². The second kappa shape index (κ2) is 7.46. The van der Waals surface area contributed by atoms with Gasteiger partial charge in [-0.3, -0.25) is 5.10 Å². The van der Waals surface area contributed by atoms with E-state index < -0.39 is 0 Å². The van der Waals surface area contributed by atoms with Crippen molar-refractivity contribution < 1.29 is 0 Å². The van der Waals surface area contributed by atoms with Gasteiger partial charge >= 0.3 is 0 Å². The van der Waals surface area contributed by atoms with Crippen molar-refractivity contribution in [3.63, 3.8) is 0 Å². The lowest BCUT2D eigenvalue weighted by molar-refractivity contribution is 0.309. The fraction of sp³-hybridized carbons (Fsp3) is 0.750. The zero-order valence-corrected chi connectivity index (χ0v) is 11.0. The van der Waals surface area contributed by atoms with Crippen LogP contribution < -0.4 is 0 Å². The minimum atomic E-state index is 1.000. The van der Waals surface area contributed by atoms with Gasteiger partial charge < -0.3 is 4.90 Å². The van der Waals surface area contributed by atoms with Gasteiger partial charge in [0.1, 0.15) is 0 Å². The third kappa shape index (κ3) is 3.67. The number of aromatic nitrogens is 2. The van der Waals surface area contributed by atoms with Gasteiger partial charge in [-0.15, -0.1) is 0 Å². The fourth-order valence-corrected chi connectivity index (χ4v) is 1.60. The number of nitrogens with zero attached hydrogens (tertiary/aromatic N) is 2. The number of aromatic amines is 1. The number of aryl methyl sites for hydroxylation is 1. The standard InChI is InChI=1S/C8H13N3.2C2H6/c1-6-7-3-4-11(2)5-8(7)10-9-6;2*1-2/h3-5H2,1-2H3,(H,9,10);2*1-2H3. The van der Waals surface area contributed by atoms with Gasteiger partial charge in [0.25, 0.3) is 0 Å². The summed E-state index contributed by atoms with van der Waals surface area (Å²) in [5.41, 5.74) is 3.91. The Morgan fingerprint density at radius 3 is 2.40 bits per heavy atom. The van der Waals surface area contributed by atoms with E-state index in [4.69, 9.17) is 0 Å². The molecule has 1 aromatic heterocycles. The van der Waals surface area contributed by atoms with E-state index in [9.17, 15) is 0 Å². The molecule has 1 aliphatic rings. The molecule has 3 heteroatoms. The van der Waals surface area contributed by atoms with Gasteiger partial charge in [0, 0.05) is 18.8 Å². The Kier molecular flexibility index (Phi) is 7.05. The summed E-state index contributed by atoms with van der Waals surface area (Å²) in [6.45, 7) is 12.3. The van der Waals surface area contributed by atoms with Crippen molar-refractivity contribution in [1.82, 2.24) is 15.1 Å². The second-order valence-corrected chi connectivity index (χ2v) is 3.26. The van der Waals surface area contributed by atoms with E-state index in [1.54, 1.807) is 0 Å². The van der Waals surface area contributed by atoms with Gasteiger partial charge in [0.05, 0.1) is 5.69 Å². The van der Waals surface area contributed by atoms with Crippen molar-refractivity contribution in [3.05, 3.63) is 17.0 Å². The monoisotopic (exact) mass is 211 g/mol. The first kappa shape index (κ1) is 14.2. The number of nitrogens with one attached hydrogen (secondary N) is 1. The Morgan fingerprint density at radius 1 is 1.20 bits per heavy atom. The van der Waals surface area contributed by atoms with Crippen molar-refractivity contribution in [2.45, 2.75) is 47.6 Å². The van der Waals surface area contributed by atoms with E-state index >= 15 is 0 Å². The Balaban J connectivity index is 0.000000442. The summed E-state index contributed by atoms with van der Waals surface area (Å²) in [5, 5.41) is 7.26. The van der Waals surface area contributed by atoms with E-state index in [0.717, 1.165) is 19.5 Å². The number of fused-ring (bicyclic) bond motifs is 1. The molecule has 15 heavy (non-hydrogen) atoms. The molecule has 1 N–H and O–H groups in total. The summed E-state index contributed by atoms with van der Waals surface area (Å²) in [7, 11) is 2.13. The zero-order chi connectivity index (χ0) is 11.8. The molecule has 0 aromatic carbocycles. The molecule has 2 heterocycles. The minimum Gasteiger partial charge on any atom is -0.300 e. The van der Waals surface area contributed by atoms with Crippen LogP contribution in [-0.4, -0.2) is 28.7 Å². The van der Waals surface area contributed by atoms with Crippen LogP contribution in [0.25, 0.3) is 0 Å². The van der Waals surface area contributed by atoms with E-state index in [1.165, 1.54) is 17.0 Å². The quantitative estimate of drug-likeness (QED) is 0.715. The average molecular weight is 211 g/mol. The molecule has 3 nitrogen and oxygen atoms in total. The number of rotatable bonds is 0. The first-order chi connectivity index (χ1) is 7.27. The Hall–Kier alpha value is -0.830. The SMILES string of the molecule is CC.CC.Cc1[nH]nc2c1CCN(C)C2. The minimum absolute atomic E-state index is 1.000. The molecular formula is C12H25N3. The third-order valence-electron chi connectivity index (χ3n) is 2.32. The molecule has 2 rings (SSSR count). The summed E-state index contributed by atoms with van der Waals surface area (Å²) >= 11 is 0. The van der Waals surface area contributed by atoms with Crippen LogP contribution in [0.2, 0.25) is 0 Å². The van der Waals surface area contributed by atoms with Crippen LogP contribution in [0.1, 0.15) is 44.6 Å². The zero-order valence-electron chi connectivity index (χ0n) is 11.0. The molecule has 0 saturated carbocycles. The fourth-order valence-electron chi connectivity index (χ4n) is 1.60. The highest BCUT2D eigenvalue weighted by Crippen LogP contribution is 2.17. The molecule has 1 aliphatic heterocycles. The summed E-state index contributed by atoms with van der Waals surface area (Å²) in [4.78, 5) is 2.29. The highest BCUT2D eigenvalue weighted by Gasteiger charge is 2.16. The molecule has 0 radical (unpaired) electrons. The Labute approximate surface area is 93.9 Å². The van der Waals surface area contributed by atoms with Crippen molar-refractivity contribution in [1.29, 1.82) is 0 Å². The lowest BCUT2D eigenvalue weighted by Gasteiger charge is -2.21. The molecule has 0 aliphatic carbocycles. The van der Waals surface area contributed by atoms with E-state index in [1.807, 2.05) is 27.7 Å². The summed E-state index contributed by atoms with van der Waals surface area (Å²) in [6, 6.07) is 0. The third-order valence-corrected chi connectivity index (χ3v) is 2.32. The molecule has 0 saturated heterocycles. The van der Waals surface area contributed by atoms with E-state index in [2.05, 4.69) is 29.1 Å². The largest absolute Gasteiger partial charge is 0.300 e. The maximum Gasteiger partial charge on any atom is 0.0797 e. The van der Waals surface area contributed by atoms with Gasteiger partial charge in [-0.25, -0.2) is 0 Å². The maximum absolute atomic E-state index is 4.24. The maximum atomic E-state index is 4.24. The van der Waals surface area contributed by atoms with Crippen molar-refractivity contribution in [2.24, 2.45) is 0 Å². The van der Waals surface area contributed by atoms with Gasteiger partial charge in [-0.2, -0.15) is 5.10 Å². The van der Waals surface area contributed by atoms with Crippen LogP contribution in [-0.2, 0) is 13.0 Å². The van der Waals surface area contributed by atoms with E-state index in [-0.39, 0.29) is 0 Å². The summed E-state index contributed by atoms with van der Waals surface area (Å²) < 4.78 is 0. The summed E-state index contributed by atoms with van der Waals surface area (Å²) in [6.07, 6.45) is 1.15. The van der Waals surface area contributed by atoms with Crippen LogP contribution in [0.15, 0.2) is 0 Å². The van der Waals surface area contributed by atoms with Crippen molar-refractivity contribution in [2.75, 3.05) is 13.6 Å². The average Bonchev–Trinajstić information content (AvgIpc) is 2.65. The number of hydrogen-bond donors (Lipinski definition) is 1. The molecule has 0 fully saturated rings. The molecule has 0 spiro atoms. The van der Waals surface area contributed by atoms with Crippen LogP contribution in [0.5, 0.6) is 0 Å². The van der Waals surface area contributed by atoms with Crippen LogP contribution in [0.4, 0.5) is 0 Å². The Bertz CT molecular complexity index is 266. The topological polar surface area (TPSA) is 31.9 Å². The molecule has 1 aromatic rings. The molecule has 0 unspecified atom stereocenters. The van der Waals surface area contributed by atoms with Gasteiger partial charge in [0.15, 0.2) is 0 Å². The molecule has 0 atom stereocenters. The number of H-pyrrole nitrogens is 1. The van der Waals surface area contributed by atoms with Crippen LogP contribution in [0.3, 0.4) is 0 Å². The summed E-state index contributed by atoms with van der Waals surface area (Å²) in [5.74, 6) is 0. The van der Waals surface area contributed by atoms with Crippen molar-refractivity contribution in [3.8, 4) is 0 Å². The number of likely N-dealkylation sites (N-methyl/N-ethyl adjacent to an activating group) is 1. The molecule has 88 valence electrons. The Morgan fingerprint density at radius 2 is 1.80 bits per heavy atom. The molecular weight excluding hydrogens is 186 g/mol. The molecule has 0 bridgehead atoms. The van der Waals surface area contributed by atoms with Gasteiger partial charge in [0.2, 0.25) is 0 Å². The van der Waals surface area contributed by atoms with Crippen molar-refractivity contribution >= 4 is 0 Å². The molecule has 0 amide bonds. The van der Waals surface area contributed by atoms with Crippen LogP contribution >= 0.6 is 0 Å².